The van der Waals surface area contributed by atoms with Crippen LogP contribution in [0.25, 0.3) is 0 Å². The van der Waals surface area contributed by atoms with Crippen LogP contribution in [0.5, 0.6) is 0 Å². The van der Waals surface area contributed by atoms with E-state index in [1.165, 1.54) is 6.42 Å². The van der Waals surface area contributed by atoms with E-state index in [1.807, 2.05) is 13.8 Å². The number of nitrogens with one attached hydrogen (secondary N) is 2. The topological polar surface area (TPSA) is 75.3 Å². The molecule has 5 nitrogen and oxygen atoms in total. The third-order valence-corrected chi connectivity index (χ3v) is 4.15. The molecular weight excluding hydrogens is 244 g/mol. The minimum atomic E-state index is -1.10. The van der Waals surface area contributed by atoms with E-state index in [1.54, 1.807) is 0 Å². The van der Waals surface area contributed by atoms with Crippen molar-refractivity contribution in [1.29, 1.82) is 0 Å². The lowest BCUT2D eigenvalue weighted by atomic mass is 9.69. The number of amides is 4. The first kappa shape index (κ1) is 15.7. The molecule has 0 bridgehead atoms. The molecule has 1 unspecified atom stereocenters. The first-order valence-corrected chi connectivity index (χ1v) is 7.15. The van der Waals surface area contributed by atoms with E-state index in [0.29, 0.717) is 6.42 Å². The van der Waals surface area contributed by atoms with Gasteiger partial charge in [0.15, 0.2) is 0 Å². The summed E-state index contributed by atoms with van der Waals surface area (Å²) in [5.41, 5.74) is -1.10. The second-order valence-electron chi connectivity index (χ2n) is 5.31. The molecule has 19 heavy (non-hydrogen) atoms. The molecule has 0 aromatic carbocycles. The monoisotopic (exact) mass is 268 g/mol. The Morgan fingerprint density at radius 2 is 1.58 bits per heavy atom. The third-order valence-electron chi connectivity index (χ3n) is 4.15. The predicted octanol–water partition coefficient (Wildman–Crippen LogP) is 2.36. The number of rotatable bonds is 7. The summed E-state index contributed by atoms with van der Waals surface area (Å²) in [7, 11) is 0. The zero-order valence-corrected chi connectivity index (χ0v) is 12.0. The number of barbiturate groups is 1. The van der Waals surface area contributed by atoms with Gasteiger partial charge in [-0.25, -0.2) is 4.79 Å². The van der Waals surface area contributed by atoms with Crippen LogP contribution in [0.15, 0.2) is 0 Å². The third kappa shape index (κ3) is 3.14. The summed E-state index contributed by atoms with van der Waals surface area (Å²) in [6.07, 6.45) is 5.68. The van der Waals surface area contributed by atoms with Gasteiger partial charge in [-0.15, -0.1) is 0 Å². The van der Waals surface area contributed by atoms with Crippen molar-refractivity contribution in [3.8, 4) is 0 Å². The van der Waals surface area contributed by atoms with E-state index in [4.69, 9.17) is 0 Å². The van der Waals surface area contributed by atoms with Gasteiger partial charge >= 0.3 is 6.03 Å². The standard InChI is InChI=1S/C14H24N2O3/c1-4-6-7-8-9-10(3)14(5-2)11(17)15-13(19)16-12(14)18/h10H,4-9H2,1-3H3,(H2,15,16,17,18,19). The number of hydrogen-bond acceptors (Lipinski definition) is 3. The van der Waals surface area contributed by atoms with E-state index in [9.17, 15) is 14.4 Å². The van der Waals surface area contributed by atoms with Crippen LogP contribution in [-0.4, -0.2) is 17.8 Å². The Morgan fingerprint density at radius 1 is 1.00 bits per heavy atom. The molecule has 1 atom stereocenters. The smallest absolute Gasteiger partial charge is 0.277 e. The number of unbranched alkanes of at least 4 members (excludes halogenated alkanes) is 3. The second kappa shape index (κ2) is 6.68. The molecule has 1 saturated heterocycles. The lowest BCUT2D eigenvalue weighted by molar-refractivity contribution is -0.148. The van der Waals surface area contributed by atoms with Crippen LogP contribution in [0.1, 0.15) is 59.3 Å². The molecule has 5 heteroatoms. The highest BCUT2D eigenvalue weighted by molar-refractivity contribution is 6.19. The number of carbonyl (C=O) groups excluding carboxylic acids is 3. The Labute approximate surface area is 114 Å². The van der Waals surface area contributed by atoms with Crippen molar-refractivity contribution >= 4 is 17.8 Å². The van der Waals surface area contributed by atoms with Crippen molar-refractivity contribution in [2.75, 3.05) is 0 Å². The van der Waals surface area contributed by atoms with E-state index < -0.39 is 23.3 Å². The van der Waals surface area contributed by atoms with Gasteiger partial charge in [0.2, 0.25) is 11.8 Å². The molecule has 1 rings (SSSR count). The number of carbonyl (C=O) groups is 3. The molecular formula is C14H24N2O3. The van der Waals surface area contributed by atoms with Gasteiger partial charge in [0.25, 0.3) is 0 Å². The minimum Gasteiger partial charge on any atom is -0.277 e. The normalized spacial score (nSPS) is 19.8. The van der Waals surface area contributed by atoms with Gasteiger partial charge in [0, 0.05) is 0 Å². The van der Waals surface area contributed by atoms with Crippen LogP contribution in [0, 0.1) is 11.3 Å². The first-order valence-electron chi connectivity index (χ1n) is 7.15. The summed E-state index contributed by atoms with van der Waals surface area (Å²) in [4.78, 5) is 35.4. The van der Waals surface area contributed by atoms with Crippen LogP contribution in [0.3, 0.4) is 0 Å². The van der Waals surface area contributed by atoms with Gasteiger partial charge in [-0.3, -0.25) is 20.2 Å². The Kier molecular flexibility index (Phi) is 5.51. The molecule has 0 aromatic heterocycles. The molecule has 108 valence electrons. The van der Waals surface area contributed by atoms with Crippen LogP contribution >= 0.6 is 0 Å². The summed E-state index contributed by atoms with van der Waals surface area (Å²) in [6.45, 7) is 5.88. The van der Waals surface area contributed by atoms with Crippen molar-refractivity contribution in [2.45, 2.75) is 59.3 Å². The molecule has 1 aliphatic rings. The average molecular weight is 268 g/mol. The number of imide groups is 2. The van der Waals surface area contributed by atoms with Crippen molar-refractivity contribution in [3.05, 3.63) is 0 Å². The maximum Gasteiger partial charge on any atom is 0.328 e. The summed E-state index contributed by atoms with van der Waals surface area (Å²) in [6, 6.07) is -0.711. The molecule has 1 aliphatic heterocycles. The first-order chi connectivity index (χ1) is 8.98. The van der Waals surface area contributed by atoms with E-state index in [-0.39, 0.29) is 5.92 Å². The molecule has 2 N–H and O–H groups in total. The Bertz CT molecular complexity index is 346. The summed E-state index contributed by atoms with van der Waals surface area (Å²) in [5.74, 6) is -0.971. The Hall–Kier alpha value is -1.39. The lowest BCUT2D eigenvalue weighted by Crippen LogP contribution is -2.64. The van der Waals surface area contributed by atoms with Crippen LogP contribution in [0.4, 0.5) is 4.79 Å². The van der Waals surface area contributed by atoms with Crippen molar-refractivity contribution in [2.24, 2.45) is 11.3 Å². The highest BCUT2D eigenvalue weighted by atomic mass is 16.2. The van der Waals surface area contributed by atoms with E-state index >= 15 is 0 Å². The largest absolute Gasteiger partial charge is 0.328 e. The molecule has 0 aliphatic carbocycles. The van der Waals surface area contributed by atoms with Crippen LogP contribution < -0.4 is 10.6 Å². The molecule has 0 saturated carbocycles. The van der Waals surface area contributed by atoms with Crippen molar-refractivity contribution in [1.82, 2.24) is 10.6 Å². The fourth-order valence-corrected chi connectivity index (χ4v) is 2.80. The van der Waals surface area contributed by atoms with Gasteiger partial charge in [-0.1, -0.05) is 46.5 Å². The second-order valence-corrected chi connectivity index (χ2v) is 5.31. The maximum atomic E-state index is 12.1. The summed E-state index contributed by atoms with van der Waals surface area (Å²) < 4.78 is 0. The molecule has 1 heterocycles. The van der Waals surface area contributed by atoms with Gasteiger partial charge in [0.1, 0.15) is 5.41 Å². The SMILES string of the molecule is CCCCCCC(C)C1(CC)C(=O)NC(=O)NC1=O. The van der Waals surface area contributed by atoms with Crippen molar-refractivity contribution < 1.29 is 14.4 Å². The molecule has 4 amide bonds. The van der Waals surface area contributed by atoms with Crippen molar-refractivity contribution in [3.63, 3.8) is 0 Å². The van der Waals surface area contributed by atoms with Gasteiger partial charge in [-0.05, 0) is 18.8 Å². The Balaban J connectivity index is 2.75. The zero-order chi connectivity index (χ0) is 14.5. The molecule has 0 aromatic rings. The molecule has 0 spiro atoms. The van der Waals surface area contributed by atoms with Gasteiger partial charge < -0.3 is 0 Å². The highest BCUT2D eigenvalue weighted by Gasteiger charge is 2.52. The summed E-state index contributed by atoms with van der Waals surface area (Å²) >= 11 is 0. The lowest BCUT2D eigenvalue weighted by Gasteiger charge is -2.37. The maximum absolute atomic E-state index is 12.1. The highest BCUT2D eigenvalue weighted by Crippen LogP contribution is 2.37. The molecule has 0 radical (unpaired) electrons. The fraction of sp³-hybridized carbons (Fsp3) is 0.786. The predicted molar refractivity (Wildman–Crippen MR) is 72.3 cm³/mol. The van der Waals surface area contributed by atoms with Crippen LogP contribution in [-0.2, 0) is 9.59 Å². The summed E-state index contributed by atoms with van der Waals surface area (Å²) in [5, 5.41) is 4.45. The minimum absolute atomic E-state index is 0.0672. The molecule has 1 fully saturated rings. The van der Waals surface area contributed by atoms with Gasteiger partial charge in [0.05, 0.1) is 0 Å². The quantitative estimate of drug-likeness (QED) is 0.549. The average Bonchev–Trinajstić information content (AvgIpc) is 2.34. The fourth-order valence-electron chi connectivity index (χ4n) is 2.80. The number of urea groups is 1. The Morgan fingerprint density at radius 3 is 2.05 bits per heavy atom. The zero-order valence-electron chi connectivity index (χ0n) is 12.0. The number of hydrogen-bond donors (Lipinski definition) is 2. The van der Waals surface area contributed by atoms with E-state index in [2.05, 4.69) is 17.6 Å². The van der Waals surface area contributed by atoms with Crippen LogP contribution in [0.2, 0.25) is 0 Å². The van der Waals surface area contributed by atoms with E-state index in [0.717, 1.165) is 25.7 Å². The van der Waals surface area contributed by atoms with Gasteiger partial charge in [-0.2, -0.15) is 0 Å².